The molecule has 0 aromatic heterocycles. The van der Waals surface area contributed by atoms with Gasteiger partial charge >= 0.3 is 0 Å². The molecule has 16 heavy (non-hydrogen) atoms. The first-order valence-electron chi connectivity index (χ1n) is 4.27. The smallest absolute Gasteiger partial charge is 0.232 e. The molecule has 3 nitrogen and oxygen atoms in total. The van der Waals surface area contributed by atoms with Crippen molar-refractivity contribution in [2.24, 2.45) is 0 Å². The van der Waals surface area contributed by atoms with E-state index >= 15 is 0 Å². The summed E-state index contributed by atoms with van der Waals surface area (Å²) in [6, 6.07) is 1.97. The van der Waals surface area contributed by atoms with Crippen molar-refractivity contribution in [2.75, 3.05) is 12.9 Å². The summed E-state index contributed by atoms with van der Waals surface area (Å²) in [7, 11) is 2.46. The zero-order valence-corrected chi connectivity index (χ0v) is 9.91. The number of methoxy groups -OCH3 is 1. The Bertz CT molecular complexity index is 465. The van der Waals surface area contributed by atoms with Gasteiger partial charge in [0.25, 0.3) is 0 Å². The van der Waals surface area contributed by atoms with Crippen molar-refractivity contribution in [3.8, 4) is 5.75 Å². The predicted molar refractivity (Wildman–Crippen MR) is 56.3 cm³/mol. The highest BCUT2D eigenvalue weighted by atomic mass is 35.7. The Labute approximate surface area is 96.4 Å². The van der Waals surface area contributed by atoms with Gasteiger partial charge in [-0.25, -0.2) is 17.2 Å². The van der Waals surface area contributed by atoms with Gasteiger partial charge in [-0.05, 0) is 6.42 Å². The Hall–Kier alpha value is -0.880. The molecule has 0 spiro atoms. The highest BCUT2D eigenvalue weighted by molar-refractivity contribution is 8.13. The van der Waals surface area contributed by atoms with Gasteiger partial charge < -0.3 is 4.74 Å². The largest absolute Gasteiger partial charge is 0.497 e. The molecule has 1 aromatic carbocycles. The predicted octanol–water partition coefficient (Wildman–Crippen LogP) is 2.08. The van der Waals surface area contributed by atoms with Crippen LogP contribution in [0.5, 0.6) is 5.75 Å². The van der Waals surface area contributed by atoms with Gasteiger partial charge in [-0.1, -0.05) is 0 Å². The molecule has 1 aromatic rings. The molecule has 0 saturated heterocycles. The topological polar surface area (TPSA) is 43.4 Å². The molecule has 0 fully saturated rings. The van der Waals surface area contributed by atoms with Crippen molar-refractivity contribution in [1.29, 1.82) is 0 Å². The van der Waals surface area contributed by atoms with E-state index in [4.69, 9.17) is 10.7 Å². The molecule has 1 rings (SSSR count). The second-order valence-electron chi connectivity index (χ2n) is 3.06. The number of hydrogen-bond acceptors (Lipinski definition) is 3. The van der Waals surface area contributed by atoms with Gasteiger partial charge in [0.05, 0.1) is 12.9 Å². The molecule has 0 aliphatic carbocycles. The third kappa shape index (κ3) is 3.61. The van der Waals surface area contributed by atoms with E-state index in [9.17, 15) is 17.2 Å². The second kappa shape index (κ2) is 4.97. The lowest BCUT2D eigenvalue weighted by atomic mass is 10.1. The summed E-state index contributed by atoms with van der Waals surface area (Å²) in [6.45, 7) is 0. The molecule has 0 N–H and O–H groups in total. The van der Waals surface area contributed by atoms with E-state index in [1.54, 1.807) is 0 Å². The van der Waals surface area contributed by atoms with Crippen LogP contribution in [0, 0.1) is 11.6 Å². The minimum absolute atomic E-state index is 0.0347. The molecule has 0 saturated carbocycles. The fourth-order valence-corrected chi connectivity index (χ4v) is 1.84. The third-order valence-electron chi connectivity index (χ3n) is 1.95. The van der Waals surface area contributed by atoms with Crippen molar-refractivity contribution in [3.63, 3.8) is 0 Å². The lowest BCUT2D eigenvalue weighted by molar-refractivity contribution is 0.405. The maximum absolute atomic E-state index is 13.3. The van der Waals surface area contributed by atoms with Crippen LogP contribution in [0.4, 0.5) is 8.78 Å². The lowest BCUT2D eigenvalue weighted by Gasteiger charge is -2.06. The highest BCUT2D eigenvalue weighted by Gasteiger charge is 2.14. The SMILES string of the molecule is COc1cc(F)c(CCS(=O)(=O)Cl)c(F)c1. The van der Waals surface area contributed by atoms with Crippen molar-refractivity contribution < 1.29 is 21.9 Å². The van der Waals surface area contributed by atoms with E-state index in [1.165, 1.54) is 7.11 Å². The summed E-state index contributed by atoms with van der Waals surface area (Å²) < 4.78 is 52.6. The first kappa shape index (κ1) is 13.2. The highest BCUT2D eigenvalue weighted by Crippen LogP contribution is 2.21. The van der Waals surface area contributed by atoms with Gasteiger partial charge in [0.1, 0.15) is 17.4 Å². The minimum atomic E-state index is -3.76. The maximum atomic E-state index is 13.3. The van der Waals surface area contributed by atoms with Crippen LogP contribution < -0.4 is 4.74 Å². The van der Waals surface area contributed by atoms with Gasteiger partial charge in [-0.2, -0.15) is 0 Å². The molecule has 0 bridgehead atoms. The third-order valence-corrected chi connectivity index (χ3v) is 3.10. The lowest BCUT2D eigenvalue weighted by Crippen LogP contribution is -2.05. The molecule has 0 unspecified atom stereocenters. The average molecular weight is 271 g/mol. The van der Waals surface area contributed by atoms with Crippen LogP contribution in [0.15, 0.2) is 12.1 Å². The number of halogens is 3. The van der Waals surface area contributed by atoms with Crippen LogP contribution >= 0.6 is 10.7 Å². The van der Waals surface area contributed by atoms with E-state index in [0.29, 0.717) is 0 Å². The molecule has 0 amide bonds. The number of ether oxygens (including phenoxy) is 1. The number of benzene rings is 1. The van der Waals surface area contributed by atoms with E-state index in [1.807, 2.05) is 0 Å². The number of hydrogen-bond donors (Lipinski definition) is 0. The van der Waals surface area contributed by atoms with Crippen molar-refractivity contribution in [1.82, 2.24) is 0 Å². The summed E-state index contributed by atoms with van der Waals surface area (Å²) in [6.07, 6.45) is -0.312. The second-order valence-corrected chi connectivity index (χ2v) is 5.96. The van der Waals surface area contributed by atoms with Crippen molar-refractivity contribution in [2.45, 2.75) is 6.42 Å². The normalized spacial score (nSPS) is 11.5. The fraction of sp³-hybridized carbons (Fsp3) is 0.333. The van der Waals surface area contributed by atoms with Gasteiger partial charge in [-0.3, -0.25) is 0 Å². The zero-order valence-electron chi connectivity index (χ0n) is 8.34. The molecule has 0 aliphatic heterocycles. The Balaban J connectivity index is 2.97. The van der Waals surface area contributed by atoms with Crippen LogP contribution in [0.1, 0.15) is 5.56 Å². The van der Waals surface area contributed by atoms with E-state index in [-0.39, 0.29) is 17.7 Å². The van der Waals surface area contributed by atoms with Gasteiger partial charge in [0.2, 0.25) is 9.05 Å². The first-order valence-corrected chi connectivity index (χ1v) is 6.75. The molecule has 90 valence electrons. The Morgan fingerprint density at radius 3 is 2.19 bits per heavy atom. The first-order chi connectivity index (χ1) is 7.33. The van der Waals surface area contributed by atoms with Gasteiger partial charge in [-0.15, -0.1) is 0 Å². The Morgan fingerprint density at radius 1 is 1.31 bits per heavy atom. The van der Waals surface area contributed by atoms with Gasteiger partial charge in [0.15, 0.2) is 0 Å². The van der Waals surface area contributed by atoms with Crippen LogP contribution in [-0.2, 0) is 15.5 Å². The van der Waals surface area contributed by atoms with E-state index < -0.39 is 26.4 Å². The molecular formula is C9H9ClF2O3S. The molecule has 7 heteroatoms. The monoisotopic (exact) mass is 270 g/mol. The van der Waals surface area contributed by atoms with Crippen molar-refractivity contribution in [3.05, 3.63) is 29.3 Å². The minimum Gasteiger partial charge on any atom is -0.497 e. The van der Waals surface area contributed by atoms with E-state index in [0.717, 1.165) is 12.1 Å². The molecule has 0 heterocycles. The summed E-state index contributed by atoms with van der Waals surface area (Å²) in [5.74, 6) is -2.18. The van der Waals surface area contributed by atoms with Crippen LogP contribution in [0.2, 0.25) is 0 Å². The Morgan fingerprint density at radius 2 is 1.81 bits per heavy atom. The summed E-state index contributed by atoms with van der Waals surface area (Å²) >= 11 is 0. The van der Waals surface area contributed by atoms with Gasteiger partial charge in [0, 0.05) is 28.4 Å². The van der Waals surface area contributed by atoms with E-state index in [2.05, 4.69) is 4.74 Å². The Kier molecular flexibility index (Phi) is 4.09. The summed E-state index contributed by atoms with van der Waals surface area (Å²) in [5, 5.41) is 0. The average Bonchev–Trinajstić information content (AvgIpc) is 2.14. The molecule has 0 radical (unpaired) electrons. The zero-order chi connectivity index (χ0) is 12.3. The van der Waals surface area contributed by atoms with Crippen LogP contribution in [-0.4, -0.2) is 21.3 Å². The van der Waals surface area contributed by atoms with Crippen LogP contribution in [0.3, 0.4) is 0 Å². The summed E-state index contributed by atoms with van der Waals surface area (Å²) in [4.78, 5) is 0. The standard InChI is InChI=1S/C9H9ClF2O3S/c1-15-6-4-8(11)7(9(12)5-6)2-3-16(10,13)14/h4-5H,2-3H2,1H3. The fourth-order valence-electron chi connectivity index (χ4n) is 1.16. The summed E-state index contributed by atoms with van der Waals surface area (Å²) in [5.41, 5.74) is -0.315. The molecular weight excluding hydrogens is 262 g/mol. The van der Waals surface area contributed by atoms with Crippen LogP contribution in [0.25, 0.3) is 0 Å². The van der Waals surface area contributed by atoms with Crippen molar-refractivity contribution >= 4 is 19.7 Å². The maximum Gasteiger partial charge on any atom is 0.232 e. The number of rotatable bonds is 4. The molecule has 0 aliphatic rings. The molecule has 0 atom stereocenters. The quantitative estimate of drug-likeness (QED) is 0.787.